The first-order chi connectivity index (χ1) is 13.2. The van der Waals surface area contributed by atoms with E-state index < -0.39 is 0 Å². The molecule has 2 aromatic carbocycles. The molecule has 154 valence electrons. The normalized spacial score (nSPS) is 16.5. The number of hydrogen-bond donors (Lipinski definition) is 1. The zero-order valence-corrected chi connectivity index (χ0v) is 19.8. The van der Waals surface area contributed by atoms with Gasteiger partial charge in [-0.05, 0) is 57.3 Å². The summed E-state index contributed by atoms with van der Waals surface area (Å²) in [6, 6.07) is 17.4. The predicted molar refractivity (Wildman–Crippen MR) is 130 cm³/mol. The first kappa shape index (κ1) is 23.2. The van der Waals surface area contributed by atoms with E-state index in [0.717, 1.165) is 12.0 Å². The highest BCUT2D eigenvalue weighted by Gasteiger charge is 2.27. The van der Waals surface area contributed by atoms with Crippen LogP contribution < -0.4 is 0 Å². The minimum atomic E-state index is 0. The topological polar surface area (TPSA) is 23.5 Å². The molecule has 1 aliphatic heterocycles. The van der Waals surface area contributed by atoms with Crippen molar-refractivity contribution in [2.75, 3.05) is 13.1 Å². The maximum Gasteiger partial charge on any atom is 0.119 e. The van der Waals surface area contributed by atoms with Crippen molar-refractivity contribution >= 4 is 24.0 Å². The van der Waals surface area contributed by atoms with E-state index in [0.29, 0.717) is 11.8 Å². The van der Waals surface area contributed by atoms with Crippen molar-refractivity contribution in [2.24, 2.45) is 0 Å². The van der Waals surface area contributed by atoms with Gasteiger partial charge >= 0.3 is 0 Å². The molecule has 1 fully saturated rings. The molecule has 2 nitrogen and oxygen atoms in total. The number of phenolic OH excluding ortho intramolecular Hbond substituents is 1. The molecule has 0 radical (unpaired) electrons. The molecular formula is C25H36INO. The molecule has 0 saturated carbocycles. The first-order valence-electron chi connectivity index (χ1n) is 10.8. The highest BCUT2D eigenvalue weighted by molar-refractivity contribution is 14.0. The summed E-state index contributed by atoms with van der Waals surface area (Å²) in [6.45, 7) is 6.86. The van der Waals surface area contributed by atoms with E-state index in [9.17, 15) is 5.11 Å². The summed E-state index contributed by atoms with van der Waals surface area (Å²) in [5, 5.41) is 10.6. The van der Waals surface area contributed by atoms with Crippen LogP contribution in [0.15, 0.2) is 48.5 Å². The highest BCUT2D eigenvalue weighted by Crippen LogP contribution is 2.37. The maximum absolute atomic E-state index is 10.6. The van der Waals surface area contributed by atoms with Gasteiger partial charge in [-0.2, -0.15) is 0 Å². The molecule has 2 atom stereocenters. The third-order valence-corrected chi connectivity index (χ3v) is 6.07. The van der Waals surface area contributed by atoms with E-state index in [4.69, 9.17) is 0 Å². The standard InChI is InChI=1S/C25H35NO.HI/c1-3-4-6-13-22(26-16-9-10-17-26)19-23(21-11-7-5-8-12-21)24-18-20(2)14-15-25(24)27;/h5,7-8,11-12,14-15,18,22-23,27H,3-4,6,9-10,13,16-17,19H2,1-2H3;1H. The van der Waals surface area contributed by atoms with Gasteiger partial charge in [-0.25, -0.2) is 0 Å². The van der Waals surface area contributed by atoms with Gasteiger partial charge < -0.3 is 10.0 Å². The Labute approximate surface area is 188 Å². The van der Waals surface area contributed by atoms with E-state index >= 15 is 0 Å². The number of aromatic hydroxyl groups is 1. The number of rotatable bonds is 9. The third kappa shape index (κ3) is 6.21. The molecular weight excluding hydrogens is 457 g/mol. The van der Waals surface area contributed by atoms with Crippen molar-refractivity contribution in [1.29, 1.82) is 0 Å². The molecule has 0 amide bonds. The highest BCUT2D eigenvalue weighted by atomic mass is 127. The van der Waals surface area contributed by atoms with E-state index in [-0.39, 0.29) is 29.9 Å². The van der Waals surface area contributed by atoms with E-state index in [1.165, 1.54) is 62.7 Å². The minimum Gasteiger partial charge on any atom is -0.508 e. The Kier molecular flexibility index (Phi) is 9.80. The van der Waals surface area contributed by atoms with Crippen LogP contribution in [0.25, 0.3) is 0 Å². The van der Waals surface area contributed by atoms with Crippen LogP contribution in [-0.4, -0.2) is 29.1 Å². The summed E-state index contributed by atoms with van der Waals surface area (Å²) in [5.74, 6) is 0.682. The molecule has 1 saturated heterocycles. The molecule has 1 aliphatic rings. The average molecular weight is 493 g/mol. The fourth-order valence-electron chi connectivity index (χ4n) is 4.54. The van der Waals surface area contributed by atoms with Crippen molar-refractivity contribution in [1.82, 2.24) is 4.90 Å². The Bertz CT molecular complexity index is 697. The Morgan fingerprint density at radius 2 is 1.71 bits per heavy atom. The van der Waals surface area contributed by atoms with Gasteiger partial charge in [0.25, 0.3) is 0 Å². The van der Waals surface area contributed by atoms with Crippen LogP contribution in [0.5, 0.6) is 5.75 Å². The van der Waals surface area contributed by atoms with Crippen molar-refractivity contribution in [3.63, 3.8) is 0 Å². The minimum absolute atomic E-state index is 0. The number of aryl methyl sites for hydroxylation is 1. The lowest BCUT2D eigenvalue weighted by Gasteiger charge is -2.32. The summed E-state index contributed by atoms with van der Waals surface area (Å²) in [6.07, 6.45) is 8.91. The third-order valence-electron chi connectivity index (χ3n) is 6.07. The average Bonchev–Trinajstić information content (AvgIpc) is 3.22. The van der Waals surface area contributed by atoms with Crippen LogP contribution in [-0.2, 0) is 0 Å². The molecule has 2 aromatic rings. The second kappa shape index (κ2) is 11.8. The van der Waals surface area contributed by atoms with Gasteiger partial charge in [0.05, 0.1) is 0 Å². The smallest absolute Gasteiger partial charge is 0.119 e. The Hall–Kier alpha value is -1.07. The van der Waals surface area contributed by atoms with Gasteiger partial charge in [-0.3, -0.25) is 0 Å². The molecule has 28 heavy (non-hydrogen) atoms. The van der Waals surface area contributed by atoms with E-state index in [2.05, 4.69) is 55.1 Å². The molecule has 1 heterocycles. The van der Waals surface area contributed by atoms with Gasteiger partial charge in [0.2, 0.25) is 0 Å². The summed E-state index contributed by atoms with van der Waals surface area (Å²) >= 11 is 0. The molecule has 1 N–H and O–H groups in total. The summed E-state index contributed by atoms with van der Waals surface area (Å²) in [5.41, 5.74) is 3.62. The van der Waals surface area contributed by atoms with Crippen LogP contribution in [0.3, 0.4) is 0 Å². The second-order valence-electron chi connectivity index (χ2n) is 8.15. The van der Waals surface area contributed by atoms with Crippen LogP contribution in [0.1, 0.15) is 74.5 Å². The van der Waals surface area contributed by atoms with E-state index in [1.54, 1.807) is 0 Å². The monoisotopic (exact) mass is 493 g/mol. The largest absolute Gasteiger partial charge is 0.508 e. The Balaban J connectivity index is 0.00000280. The van der Waals surface area contributed by atoms with Crippen molar-refractivity contribution < 1.29 is 5.11 Å². The van der Waals surface area contributed by atoms with Crippen LogP contribution in [0, 0.1) is 6.92 Å². The van der Waals surface area contributed by atoms with Crippen molar-refractivity contribution in [3.8, 4) is 5.75 Å². The summed E-state index contributed by atoms with van der Waals surface area (Å²) in [7, 11) is 0. The fourth-order valence-corrected chi connectivity index (χ4v) is 4.54. The number of halogens is 1. The van der Waals surface area contributed by atoms with Gasteiger partial charge in [0.15, 0.2) is 0 Å². The number of phenols is 1. The van der Waals surface area contributed by atoms with Crippen LogP contribution in [0.4, 0.5) is 0 Å². The lowest BCUT2D eigenvalue weighted by atomic mass is 9.83. The molecule has 3 rings (SSSR count). The molecule has 2 unspecified atom stereocenters. The quantitative estimate of drug-likeness (QED) is 0.304. The summed E-state index contributed by atoms with van der Waals surface area (Å²) in [4.78, 5) is 2.71. The fraction of sp³-hybridized carbons (Fsp3) is 0.520. The number of hydrogen-bond acceptors (Lipinski definition) is 2. The molecule has 0 spiro atoms. The predicted octanol–water partition coefficient (Wildman–Crippen LogP) is 6.89. The lowest BCUT2D eigenvalue weighted by Crippen LogP contribution is -2.34. The van der Waals surface area contributed by atoms with Crippen LogP contribution >= 0.6 is 24.0 Å². The molecule has 0 aromatic heterocycles. The SMILES string of the molecule is CCCCCC(CC(c1ccccc1)c1cc(C)ccc1O)N1CCCC1.I. The number of likely N-dealkylation sites (tertiary alicyclic amines) is 1. The van der Waals surface area contributed by atoms with Gasteiger partial charge in [-0.1, -0.05) is 74.2 Å². The zero-order valence-electron chi connectivity index (χ0n) is 17.4. The zero-order chi connectivity index (χ0) is 19.1. The van der Waals surface area contributed by atoms with Crippen molar-refractivity contribution in [3.05, 3.63) is 65.2 Å². The molecule has 0 bridgehead atoms. The van der Waals surface area contributed by atoms with Crippen LogP contribution in [0.2, 0.25) is 0 Å². The van der Waals surface area contributed by atoms with Gasteiger partial charge in [-0.15, -0.1) is 24.0 Å². The molecule has 0 aliphatic carbocycles. The Morgan fingerprint density at radius 1 is 1.00 bits per heavy atom. The number of nitrogens with zero attached hydrogens (tertiary/aromatic N) is 1. The molecule has 3 heteroatoms. The summed E-state index contributed by atoms with van der Waals surface area (Å²) < 4.78 is 0. The Morgan fingerprint density at radius 3 is 2.39 bits per heavy atom. The lowest BCUT2D eigenvalue weighted by molar-refractivity contribution is 0.208. The maximum atomic E-state index is 10.6. The second-order valence-corrected chi connectivity index (χ2v) is 8.15. The van der Waals surface area contributed by atoms with Crippen molar-refractivity contribution in [2.45, 2.75) is 70.8 Å². The van der Waals surface area contributed by atoms with Gasteiger partial charge in [0.1, 0.15) is 5.75 Å². The van der Waals surface area contributed by atoms with Gasteiger partial charge in [0, 0.05) is 17.5 Å². The number of unbranched alkanes of at least 4 members (excludes halogenated alkanes) is 2. The first-order valence-corrected chi connectivity index (χ1v) is 10.8. The number of benzene rings is 2. The van der Waals surface area contributed by atoms with E-state index in [1.807, 2.05) is 12.1 Å².